The molecule has 5 rings (SSSR count). The molecule has 7 heteroatoms. The quantitative estimate of drug-likeness (QED) is 0.465. The van der Waals surface area contributed by atoms with Gasteiger partial charge >= 0.3 is 0 Å². The molecule has 3 aromatic heterocycles. The number of halogens is 2. The maximum atomic E-state index is 13.9. The molecule has 0 aliphatic carbocycles. The van der Waals surface area contributed by atoms with Crippen LogP contribution in [0.5, 0.6) is 0 Å². The smallest absolute Gasteiger partial charge is 0.275 e. The highest BCUT2D eigenvalue weighted by atomic mass is 32.1. The van der Waals surface area contributed by atoms with Crippen LogP contribution in [0.2, 0.25) is 0 Å². The van der Waals surface area contributed by atoms with Gasteiger partial charge in [-0.3, -0.25) is 4.79 Å². The molecular formula is C20H10F2N2O2S. The molecule has 5 aromatic rings. The van der Waals surface area contributed by atoms with E-state index in [-0.39, 0.29) is 16.9 Å². The molecule has 0 unspecified atom stereocenters. The molecule has 27 heavy (non-hydrogen) atoms. The summed E-state index contributed by atoms with van der Waals surface area (Å²) >= 11 is 1.25. The predicted molar refractivity (Wildman–Crippen MR) is 99.7 cm³/mol. The molecule has 132 valence electrons. The highest BCUT2D eigenvalue weighted by Crippen LogP contribution is 2.26. The van der Waals surface area contributed by atoms with Crippen LogP contribution >= 0.6 is 11.3 Å². The van der Waals surface area contributed by atoms with Crippen molar-refractivity contribution < 1.29 is 13.2 Å². The first-order chi connectivity index (χ1) is 13.1. The van der Waals surface area contributed by atoms with Crippen LogP contribution in [-0.4, -0.2) is 9.38 Å². The van der Waals surface area contributed by atoms with Crippen LogP contribution in [0.4, 0.5) is 8.78 Å². The molecule has 4 nitrogen and oxygen atoms in total. The lowest BCUT2D eigenvalue weighted by Gasteiger charge is -1.98. The normalized spacial score (nSPS) is 12.4. The third kappa shape index (κ3) is 2.55. The van der Waals surface area contributed by atoms with E-state index in [0.29, 0.717) is 15.3 Å². The molecule has 0 fully saturated rings. The van der Waals surface area contributed by atoms with Gasteiger partial charge in [-0.15, -0.1) is 0 Å². The summed E-state index contributed by atoms with van der Waals surface area (Å²) in [5, 5.41) is 0. The van der Waals surface area contributed by atoms with Gasteiger partial charge in [-0.25, -0.2) is 18.2 Å². The van der Waals surface area contributed by atoms with Gasteiger partial charge in [0.05, 0.1) is 16.6 Å². The van der Waals surface area contributed by atoms with E-state index < -0.39 is 11.6 Å². The van der Waals surface area contributed by atoms with Gasteiger partial charge in [0.25, 0.3) is 5.56 Å². The first-order valence-corrected chi connectivity index (χ1v) is 8.89. The fourth-order valence-electron chi connectivity index (χ4n) is 3.01. The number of benzene rings is 2. The molecule has 0 bridgehead atoms. The average molecular weight is 380 g/mol. The molecule has 3 heterocycles. The molecule has 0 spiro atoms. The summed E-state index contributed by atoms with van der Waals surface area (Å²) in [6.07, 6.45) is 1.60. The van der Waals surface area contributed by atoms with Crippen molar-refractivity contribution in [1.82, 2.24) is 9.38 Å². The Morgan fingerprint density at radius 3 is 2.78 bits per heavy atom. The van der Waals surface area contributed by atoms with E-state index in [1.54, 1.807) is 22.6 Å². The standard InChI is InChI=1S/C20H10F2N2O2S/c21-11-5-7-13(14(22)9-11)17-8-6-12(26-17)10-18-19(25)24-16-4-2-1-3-15(16)23-20(24)27-18/h1-10H/b18-10+. The molecule has 0 aliphatic heterocycles. The Hall–Kier alpha value is -3.32. The van der Waals surface area contributed by atoms with E-state index in [2.05, 4.69) is 4.98 Å². The van der Waals surface area contributed by atoms with Gasteiger partial charge in [0.15, 0.2) is 4.96 Å². The van der Waals surface area contributed by atoms with E-state index >= 15 is 0 Å². The predicted octanol–water partition coefficient (Wildman–Crippen LogP) is 4.00. The zero-order valence-corrected chi connectivity index (χ0v) is 14.5. The molecule has 0 saturated heterocycles. The summed E-state index contributed by atoms with van der Waals surface area (Å²) in [5.41, 5.74) is 1.49. The Bertz CT molecular complexity index is 1430. The molecular weight excluding hydrogens is 370 g/mol. The van der Waals surface area contributed by atoms with Crippen molar-refractivity contribution in [2.45, 2.75) is 0 Å². The Balaban J connectivity index is 1.62. The number of para-hydroxylation sites is 2. The number of thiazole rings is 1. The number of hydrogen-bond acceptors (Lipinski definition) is 4. The summed E-state index contributed by atoms with van der Waals surface area (Å²) in [7, 11) is 0. The summed E-state index contributed by atoms with van der Waals surface area (Å²) in [6, 6.07) is 13.9. The van der Waals surface area contributed by atoms with Crippen LogP contribution in [0.1, 0.15) is 5.76 Å². The summed E-state index contributed by atoms with van der Waals surface area (Å²) in [4.78, 5) is 17.8. The van der Waals surface area contributed by atoms with Crippen molar-refractivity contribution in [2.75, 3.05) is 0 Å². The third-order valence-corrected chi connectivity index (χ3v) is 5.21. The third-order valence-electron chi connectivity index (χ3n) is 4.24. The van der Waals surface area contributed by atoms with Crippen LogP contribution in [-0.2, 0) is 0 Å². The van der Waals surface area contributed by atoms with Crippen molar-refractivity contribution in [1.29, 1.82) is 0 Å². The van der Waals surface area contributed by atoms with Crippen LogP contribution < -0.4 is 10.1 Å². The van der Waals surface area contributed by atoms with E-state index in [9.17, 15) is 13.6 Å². The molecule has 0 atom stereocenters. The summed E-state index contributed by atoms with van der Waals surface area (Å²) < 4.78 is 34.6. The van der Waals surface area contributed by atoms with Gasteiger partial charge in [-0.2, -0.15) is 0 Å². The Labute approximate surface area is 154 Å². The monoisotopic (exact) mass is 380 g/mol. The van der Waals surface area contributed by atoms with Crippen molar-refractivity contribution in [2.24, 2.45) is 0 Å². The molecule has 2 aromatic carbocycles. The molecule has 0 amide bonds. The average Bonchev–Trinajstić information content (AvgIpc) is 3.31. The lowest BCUT2D eigenvalue weighted by atomic mass is 10.1. The van der Waals surface area contributed by atoms with E-state index in [4.69, 9.17) is 4.42 Å². The maximum Gasteiger partial charge on any atom is 0.275 e. The molecule has 0 saturated carbocycles. The largest absolute Gasteiger partial charge is 0.457 e. The van der Waals surface area contributed by atoms with Crippen molar-refractivity contribution >= 4 is 33.4 Å². The minimum Gasteiger partial charge on any atom is -0.457 e. The van der Waals surface area contributed by atoms with E-state index in [1.807, 2.05) is 24.3 Å². The van der Waals surface area contributed by atoms with Crippen molar-refractivity contribution in [3.63, 3.8) is 0 Å². The number of imidazole rings is 1. The van der Waals surface area contributed by atoms with Gasteiger partial charge in [0.2, 0.25) is 0 Å². The topological polar surface area (TPSA) is 47.5 Å². The van der Waals surface area contributed by atoms with Crippen molar-refractivity contribution in [3.8, 4) is 11.3 Å². The fraction of sp³-hybridized carbons (Fsp3) is 0. The van der Waals surface area contributed by atoms with Gasteiger partial charge < -0.3 is 4.42 Å². The maximum absolute atomic E-state index is 13.9. The number of rotatable bonds is 2. The number of nitrogens with zero attached hydrogens (tertiary/aromatic N) is 2. The summed E-state index contributed by atoms with van der Waals surface area (Å²) in [5.74, 6) is -0.696. The minimum atomic E-state index is -0.707. The van der Waals surface area contributed by atoms with Crippen LogP contribution in [0.25, 0.3) is 33.4 Å². The number of furan rings is 1. The van der Waals surface area contributed by atoms with Crippen LogP contribution in [0, 0.1) is 11.6 Å². The minimum absolute atomic E-state index is 0.158. The zero-order valence-electron chi connectivity index (χ0n) is 13.6. The number of fused-ring (bicyclic) bond motifs is 3. The fourth-order valence-corrected chi connectivity index (χ4v) is 3.97. The number of hydrogen-bond donors (Lipinski definition) is 0. The zero-order chi connectivity index (χ0) is 18.5. The Kier molecular flexibility index (Phi) is 3.45. The summed E-state index contributed by atoms with van der Waals surface area (Å²) in [6.45, 7) is 0. The second kappa shape index (κ2) is 5.85. The van der Waals surface area contributed by atoms with Crippen LogP contribution in [0.3, 0.4) is 0 Å². The van der Waals surface area contributed by atoms with Crippen molar-refractivity contribution in [3.05, 3.63) is 86.9 Å². The number of aromatic nitrogens is 2. The second-order valence-electron chi connectivity index (χ2n) is 5.96. The van der Waals surface area contributed by atoms with Gasteiger partial charge in [-0.05, 0) is 36.4 Å². The van der Waals surface area contributed by atoms with Gasteiger partial charge in [0.1, 0.15) is 27.7 Å². The molecule has 0 N–H and O–H groups in total. The highest BCUT2D eigenvalue weighted by Gasteiger charge is 2.13. The van der Waals surface area contributed by atoms with Gasteiger partial charge in [0, 0.05) is 12.1 Å². The molecule has 0 aliphatic rings. The lowest BCUT2D eigenvalue weighted by molar-refractivity contribution is 0.554. The Morgan fingerprint density at radius 1 is 1.07 bits per heavy atom. The molecule has 0 radical (unpaired) electrons. The van der Waals surface area contributed by atoms with E-state index in [0.717, 1.165) is 17.1 Å². The van der Waals surface area contributed by atoms with Gasteiger partial charge in [-0.1, -0.05) is 23.5 Å². The highest BCUT2D eigenvalue weighted by molar-refractivity contribution is 7.15. The van der Waals surface area contributed by atoms with Crippen LogP contribution in [0.15, 0.2) is 63.8 Å². The Morgan fingerprint density at radius 2 is 1.93 bits per heavy atom. The first kappa shape index (κ1) is 15.9. The van der Waals surface area contributed by atoms with E-state index in [1.165, 1.54) is 23.5 Å². The lowest BCUT2D eigenvalue weighted by Crippen LogP contribution is -2.22. The SMILES string of the molecule is O=c1/c(=C\c2ccc(-c3ccc(F)cc3F)o2)sc2nc3ccccc3n12. The first-order valence-electron chi connectivity index (χ1n) is 8.07. The second-order valence-corrected chi connectivity index (χ2v) is 6.97.